The van der Waals surface area contributed by atoms with Gasteiger partial charge in [-0.2, -0.15) is 0 Å². The number of rotatable bonds is 4. The Bertz CT molecular complexity index is 755. The molecule has 1 aromatic carbocycles. The van der Waals surface area contributed by atoms with E-state index in [0.29, 0.717) is 30.2 Å². The second-order valence-electron chi connectivity index (χ2n) is 5.57. The van der Waals surface area contributed by atoms with Gasteiger partial charge in [-0.25, -0.2) is 4.98 Å². The van der Waals surface area contributed by atoms with Crippen molar-refractivity contribution in [2.75, 3.05) is 36.5 Å². The molecule has 6 heteroatoms. The lowest BCUT2D eigenvalue weighted by Gasteiger charge is -2.27. The molecule has 124 valence electrons. The van der Waals surface area contributed by atoms with Gasteiger partial charge in [-0.15, -0.1) is 0 Å². The van der Waals surface area contributed by atoms with Gasteiger partial charge >= 0.3 is 0 Å². The lowest BCUT2D eigenvalue weighted by Crippen LogP contribution is -2.37. The van der Waals surface area contributed by atoms with Crippen LogP contribution in [0.5, 0.6) is 0 Å². The smallest absolute Gasteiger partial charge is 0.274 e. The highest BCUT2D eigenvalue weighted by atomic mass is 16.5. The standard InChI is InChI=1S/C18H19N3O3/c1-13(22)14-4-2-5-15(12-14)19-18(23)16-6-3-7-17(20-16)21-8-10-24-11-9-21/h2-7,12H,8-11H2,1H3,(H,19,23). The second kappa shape index (κ2) is 7.23. The average Bonchev–Trinajstić information content (AvgIpc) is 2.63. The van der Waals surface area contributed by atoms with Gasteiger partial charge in [0.2, 0.25) is 0 Å². The van der Waals surface area contributed by atoms with Crippen molar-refractivity contribution in [3.63, 3.8) is 0 Å². The number of amides is 1. The van der Waals surface area contributed by atoms with Crippen LogP contribution in [0, 0.1) is 0 Å². The van der Waals surface area contributed by atoms with Crippen molar-refractivity contribution in [1.82, 2.24) is 4.98 Å². The molecule has 24 heavy (non-hydrogen) atoms. The molecule has 1 aliphatic heterocycles. The number of morpholine rings is 1. The Kier molecular flexibility index (Phi) is 4.86. The number of benzene rings is 1. The number of nitrogens with zero attached hydrogens (tertiary/aromatic N) is 2. The summed E-state index contributed by atoms with van der Waals surface area (Å²) in [7, 11) is 0. The molecule has 1 N–H and O–H groups in total. The van der Waals surface area contributed by atoms with E-state index in [1.165, 1.54) is 6.92 Å². The molecule has 0 saturated carbocycles. The molecule has 6 nitrogen and oxygen atoms in total. The van der Waals surface area contributed by atoms with Gasteiger partial charge in [-0.05, 0) is 31.2 Å². The first-order valence-electron chi connectivity index (χ1n) is 7.85. The van der Waals surface area contributed by atoms with Crippen LogP contribution < -0.4 is 10.2 Å². The maximum absolute atomic E-state index is 12.4. The fourth-order valence-corrected chi connectivity index (χ4v) is 2.53. The van der Waals surface area contributed by atoms with Crippen LogP contribution >= 0.6 is 0 Å². The molecule has 3 rings (SSSR count). The highest BCUT2D eigenvalue weighted by Crippen LogP contribution is 2.16. The highest BCUT2D eigenvalue weighted by Gasteiger charge is 2.15. The summed E-state index contributed by atoms with van der Waals surface area (Å²) in [5.74, 6) is 0.424. The van der Waals surface area contributed by atoms with Crippen molar-refractivity contribution < 1.29 is 14.3 Å². The van der Waals surface area contributed by atoms with E-state index < -0.39 is 0 Å². The zero-order valence-electron chi connectivity index (χ0n) is 13.5. The monoisotopic (exact) mass is 325 g/mol. The summed E-state index contributed by atoms with van der Waals surface area (Å²) in [6.45, 7) is 4.34. The maximum Gasteiger partial charge on any atom is 0.274 e. The van der Waals surface area contributed by atoms with Gasteiger partial charge < -0.3 is 15.0 Å². The number of nitrogens with one attached hydrogen (secondary N) is 1. The Hall–Kier alpha value is -2.73. The van der Waals surface area contributed by atoms with Crippen LogP contribution in [-0.4, -0.2) is 43.0 Å². The Labute approximate surface area is 140 Å². The largest absolute Gasteiger partial charge is 0.378 e. The van der Waals surface area contributed by atoms with E-state index in [1.54, 1.807) is 30.3 Å². The second-order valence-corrected chi connectivity index (χ2v) is 5.57. The third kappa shape index (κ3) is 3.78. The number of ether oxygens (including phenoxy) is 1. The molecule has 1 saturated heterocycles. The molecule has 0 atom stereocenters. The minimum absolute atomic E-state index is 0.0430. The molecule has 1 aliphatic rings. The lowest BCUT2D eigenvalue weighted by molar-refractivity contribution is 0.100. The predicted octanol–water partition coefficient (Wildman–Crippen LogP) is 2.37. The van der Waals surface area contributed by atoms with E-state index >= 15 is 0 Å². The summed E-state index contributed by atoms with van der Waals surface area (Å²) >= 11 is 0. The van der Waals surface area contributed by atoms with Crippen LogP contribution in [0.15, 0.2) is 42.5 Å². The lowest BCUT2D eigenvalue weighted by atomic mass is 10.1. The summed E-state index contributed by atoms with van der Waals surface area (Å²) in [5.41, 5.74) is 1.47. The molecule has 2 heterocycles. The molecule has 0 bridgehead atoms. The SMILES string of the molecule is CC(=O)c1cccc(NC(=O)c2cccc(N3CCOCC3)n2)c1. The van der Waals surface area contributed by atoms with Crippen molar-refractivity contribution in [1.29, 1.82) is 0 Å². The third-order valence-electron chi connectivity index (χ3n) is 3.83. The van der Waals surface area contributed by atoms with Crippen LogP contribution in [0.1, 0.15) is 27.8 Å². The molecule has 0 unspecified atom stereocenters. The van der Waals surface area contributed by atoms with Crippen molar-refractivity contribution in [2.24, 2.45) is 0 Å². The van der Waals surface area contributed by atoms with Gasteiger partial charge in [0.25, 0.3) is 5.91 Å². The quantitative estimate of drug-likeness (QED) is 0.874. The molecule has 1 fully saturated rings. The van der Waals surface area contributed by atoms with Crippen LogP contribution in [-0.2, 0) is 4.74 Å². The molecule has 1 aromatic heterocycles. The van der Waals surface area contributed by atoms with E-state index in [9.17, 15) is 9.59 Å². The van der Waals surface area contributed by atoms with E-state index in [0.717, 1.165) is 18.9 Å². The number of anilines is 2. The third-order valence-corrected chi connectivity index (χ3v) is 3.83. The van der Waals surface area contributed by atoms with Crippen molar-refractivity contribution in [2.45, 2.75) is 6.92 Å². The topological polar surface area (TPSA) is 71.5 Å². The minimum atomic E-state index is -0.300. The van der Waals surface area contributed by atoms with E-state index in [-0.39, 0.29) is 11.7 Å². The molecule has 0 aliphatic carbocycles. The Morgan fingerprint density at radius 1 is 1.12 bits per heavy atom. The highest BCUT2D eigenvalue weighted by molar-refractivity contribution is 6.04. The number of Topliss-reactive ketones (excluding diaryl/α,β-unsaturated/α-hetero) is 1. The van der Waals surface area contributed by atoms with Crippen LogP contribution in [0.3, 0.4) is 0 Å². The maximum atomic E-state index is 12.4. The first-order chi connectivity index (χ1) is 11.6. The van der Waals surface area contributed by atoms with Crippen molar-refractivity contribution in [3.05, 3.63) is 53.7 Å². The summed E-state index contributed by atoms with van der Waals surface area (Å²) < 4.78 is 5.33. The van der Waals surface area contributed by atoms with Gasteiger partial charge in [-0.3, -0.25) is 9.59 Å². The molecule has 0 radical (unpaired) electrons. The Morgan fingerprint density at radius 2 is 1.88 bits per heavy atom. The zero-order chi connectivity index (χ0) is 16.9. The fraction of sp³-hybridized carbons (Fsp3) is 0.278. The number of pyridine rings is 1. The summed E-state index contributed by atoms with van der Waals surface area (Å²) in [6.07, 6.45) is 0. The molecular weight excluding hydrogens is 306 g/mol. The number of aromatic nitrogens is 1. The normalized spacial score (nSPS) is 14.3. The van der Waals surface area contributed by atoms with Crippen LogP contribution in [0.2, 0.25) is 0 Å². The number of carbonyl (C=O) groups is 2. The summed E-state index contributed by atoms with van der Waals surface area (Å²) in [5, 5.41) is 2.79. The first kappa shape index (κ1) is 16.1. The van der Waals surface area contributed by atoms with Crippen LogP contribution in [0.25, 0.3) is 0 Å². The first-order valence-corrected chi connectivity index (χ1v) is 7.85. The number of carbonyl (C=O) groups excluding carboxylic acids is 2. The van der Waals surface area contributed by atoms with Crippen LogP contribution in [0.4, 0.5) is 11.5 Å². The molecule has 0 spiro atoms. The Morgan fingerprint density at radius 3 is 2.62 bits per heavy atom. The van der Waals surface area contributed by atoms with Gasteiger partial charge in [0.05, 0.1) is 13.2 Å². The molecule has 2 aromatic rings. The van der Waals surface area contributed by atoms with Gasteiger partial charge in [0.1, 0.15) is 11.5 Å². The zero-order valence-corrected chi connectivity index (χ0v) is 13.5. The van der Waals surface area contributed by atoms with Gasteiger partial charge in [-0.1, -0.05) is 18.2 Å². The molecular formula is C18H19N3O3. The number of hydrogen-bond acceptors (Lipinski definition) is 5. The number of ketones is 1. The van der Waals surface area contributed by atoms with E-state index in [2.05, 4.69) is 15.2 Å². The van der Waals surface area contributed by atoms with Gasteiger partial charge in [0.15, 0.2) is 5.78 Å². The fourth-order valence-electron chi connectivity index (χ4n) is 2.53. The molecule has 1 amide bonds. The summed E-state index contributed by atoms with van der Waals surface area (Å²) in [6, 6.07) is 12.2. The summed E-state index contributed by atoms with van der Waals surface area (Å²) in [4.78, 5) is 30.4. The minimum Gasteiger partial charge on any atom is -0.378 e. The van der Waals surface area contributed by atoms with E-state index in [4.69, 9.17) is 4.74 Å². The van der Waals surface area contributed by atoms with Crippen molar-refractivity contribution >= 4 is 23.2 Å². The number of hydrogen-bond donors (Lipinski definition) is 1. The van der Waals surface area contributed by atoms with Gasteiger partial charge in [0, 0.05) is 24.3 Å². The predicted molar refractivity (Wildman–Crippen MR) is 91.7 cm³/mol. The van der Waals surface area contributed by atoms with Crippen molar-refractivity contribution in [3.8, 4) is 0 Å². The average molecular weight is 325 g/mol. The Balaban J connectivity index is 1.75. The van der Waals surface area contributed by atoms with E-state index in [1.807, 2.05) is 12.1 Å².